The molecule has 5 aliphatic rings. The van der Waals surface area contributed by atoms with Crippen LogP contribution in [0, 0.1) is 41.4 Å². The minimum absolute atomic E-state index is 0.0193. The molecule has 4 saturated heterocycles. The molecule has 0 aromatic carbocycles. The molecule has 332 valence electrons. The Hall–Kier alpha value is -2.13. The van der Waals surface area contributed by atoms with E-state index in [9.17, 15) is 29.7 Å². The second-order valence-electron chi connectivity index (χ2n) is 18.6. The van der Waals surface area contributed by atoms with Gasteiger partial charge in [-0.2, -0.15) is 0 Å². The van der Waals surface area contributed by atoms with Gasteiger partial charge in [0.1, 0.15) is 5.78 Å². The first-order valence-corrected chi connectivity index (χ1v) is 22.6. The summed E-state index contributed by atoms with van der Waals surface area (Å²) in [6.07, 6.45) is 5.33. The second-order valence-corrected chi connectivity index (χ2v) is 18.6. The minimum atomic E-state index is -1.38. The van der Waals surface area contributed by atoms with Crippen molar-refractivity contribution in [1.29, 1.82) is 0 Å². The Kier molecular flexibility index (Phi) is 15.6. The maximum atomic E-state index is 14.6. The van der Waals surface area contributed by atoms with Crippen LogP contribution in [0.25, 0.3) is 0 Å². The van der Waals surface area contributed by atoms with Crippen LogP contribution < -0.4 is 5.32 Å². The molecule has 0 aliphatic carbocycles. The molecule has 0 aromatic rings. The molecule has 0 radical (unpaired) electrons. The molecular weight excluding hydrogens is 746 g/mol. The van der Waals surface area contributed by atoms with E-state index in [1.807, 2.05) is 53.7 Å². The molecular formula is C45H75NO12. The van der Waals surface area contributed by atoms with Gasteiger partial charge in [0.2, 0.25) is 5.79 Å². The quantitative estimate of drug-likeness (QED) is 0.125. The zero-order valence-electron chi connectivity index (χ0n) is 36.8. The maximum Gasteiger partial charge on any atom is 0.407 e. The van der Waals surface area contributed by atoms with Crippen molar-refractivity contribution in [3.05, 3.63) is 12.2 Å². The fraction of sp³-hybridized carbons (Fsp3) is 0.889. The molecule has 0 bridgehead atoms. The van der Waals surface area contributed by atoms with E-state index < -0.39 is 83.4 Å². The number of alkyl carbamates (subject to hydrolysis) is 1. The van der Waals surface area contributed by atoms with E-state index in [-0.39, 0.29) is 41.8 Å². The van der Waals surface area contributed by atoms with E-state index in [2.05, 4.69) is 26.1 Å². The minimum Gasteiger partial charge on any atom is -0.481 e. The molecule has 5 rings (SSSR count). The first-order chi connectivity index (χ1) is 27.4. The third-order valence-corrected chi connectivity index (χ3v) is 14.7. The van der Waals surface area contributed by atoms with Gasteiger partial charge in [-0.25, -0.2) is 4.79 Å². The first-order valence-electron chi connectivity index (χ1n) is 22.6. The molecule has 4 N–H and O–H groups in total. The zero-order chi connectivity index (χ0) is 42.7. The number of carboxylic acid groups (broad SMARTS) is 1. The van der Waals surface area contributed by atoms with Crippen molar-refractivity contribution in [1.82, 2.24) is 5.32 Å². The normalized spacial score (nSPS) is 41.7. The standard InChI is InChI=1S/C45H75NO12/c1-11-23-46-42(51)55-36-19-22-44(58-45(36)21-18-35(56-45)34-17-20-43(52,14-4)30(10)53-34)27(7)24-26(6)40(57-44)32(13-3)38(48)28(8)37(47)29(9)39-25(5)15-16-33(54-39)31(12-2)41(49)50/h19,22,25-37,39-40,47,52H,11-18,20-21,23-24H2,1-10H3,(H,46,51)(H,49,50)/t25-,26-,27+,28-,29-,30-,31+,32-,33+,34+,35?,36+,37+,39+,40-,43+,44-,45-/m0/s1. The highest BCUT2D eigenvalue weighted by Gasteiger charge is 2.61. The zero-order valence-corrected chi connectivity index (χ0v) is 36.8. The molecule has 1 unspecified atom stereocenters. The van der Waals surface area contributed by atoms with Crippen LogP contribution in [0.3, 0.4) is 0 Å². The summed E-state index contributed by atoms with van der Waals surface area (Å²) in [7, 11) is 0. The fourth-order valence-electron chi connectivity index (χ4n) is 10.7. The number of aliphatic carboxylic acids is 1. The van der Waals surface area contributed by atoms with Gasteiger partial charge in [-0.15, -0.1) is 0 Å². The summed E-state index contributed by atoms with van der Waals surface area (Å²) in [5.41, 5.74) is -0.898. The molecule has 5 heterocycles. The number of ether oxygens (including phenoxy) is 6. The first kappa shape index (κ1) is 46.9. The van der Waals surface area contributed by atoms with Crippen molar-refractivity contribution >= 4 is 17.8 Å². The number of carbonyl (C=O) groups excluding carboxylic acids is 2. The van der Waals surface area contributed by atoms with Crippen LogP contribution in [0.1, 0.15) is 140 Å². The molecule has 13 nitrogen and oxygen atoms in total. The number of carboxylic acids is 1. The van der Waals surface area contributed by atoms with Crippen LogP contribution in [0.15, 0.2) is 12.2 Å². The van der Waals surface area contributed by atoms with Crippen LogP contribution in [-0.4, -0.2) is 106 Å². The van der Waals surface area contributed by atoms with Crippen molar-refractivity contribution < 1.29 is 58.1 Å². The monoisotopic (exact) mass is 822 g/mol. The van der Waals surface area contributed by atoms with Gasteiger partial charge in [-0.05, 0) is 95.1 Å². The summed E-state index contributed by atoms with van der Waals surface area (Å²) in [5, 5.41) is 35.5. The summed E-state index contributed by atoms with van der Waals surface area (Å²) in [4.78, 5) is 39.5. The number of hydrogen-bond donors (Lipinski definition) is 4. The van der Waals surface area contributed by atoms with Crippen LogP contribution in [-0.2, 0) is 38.0 Å². The van der Waals surface area contributed by atoms with Gasteiger partial charge in [0, 0.05) is 36.6 Å². The summed E-state index contributed by atoms with van der Waals surface area (Å²) in [5.74, 6) is -6.06. The van der Waals surface area contributed by atoms with Crippen molar-refractivity contribution in [3.8, 4) is 0 Å². The number of hydrogen-bond acceptors (Lipinski definition) is 11. The fourth-order valence-corrected chi connectivity index (χ4v) is 10.7. The average Bonchev–Trinajstić information content (AvgIpc) is 3.62. The SMILES string of the molecule is CCCNC(=O)O[C@@H]1C=C[C@]2(O[C@H]([C@@H](CC)C(=O)[C@@H](C)[C@@H](O)[C@H](C)[C@@H]3O[C@@H]([C@@H](CC)C(=O)O)CC[C@@H]3C)[C@@H](C)C[C@H]2C)O[C@@]12CCC([C@H]1CC[C@](O)(CC)[C@H](C)O1)O2. The Morgan fingerprint density at radius 3 is 2.19 bits per heavy atom. The number of rotatable bonds is 15. The number of Topliss-reactive ketones (excluding diaryl/α,β-unsaturated/α-hetero) is 1. The molecule has 0 aromatic heterocycles. The number of aliphatic hydroxyl groups excluding tert-OH is 1. The second kappa shape index (κ2) is 19.3. The van der Waals surface area contributed by atoms with E-state index in [4.69, 9.17) is 28.4 Å². The largest absolute Gasteiger partial charge is 0.481 e. The summed E-state index contributed by atoms with van der Waals surface area (Å²) >= 11 is 0. The summed E-state index contributed by atoms with van der Waals surface area (Å²) in [6, 6.07) is 0. The van der Waals surface area contributed by atoms with E-state index in [1.54, 1.807) is 6.92 Å². The highest BCUT2D eigenvalue weighted by Crippen LogP contribution is 2.52. The number of amides is 1. The highest BCUT2D eigenvalue weighted by molar-refractivity contribution is 5.84. The molecule has 5 aliphatic heterocycles. The van der Waals surface area contributed by atoms with Crippen LogP contribution >= 0.6 is 0 Å². The number of aliphatic hydroxyl groups is 2. The predicted octanol–water partition coefficient (Wildman–Crippen LogP) is 6.94. The van der Waals surface area contributed by atoms with E-state index >= 15 is 0 Å². The van der Waals surface area contributed by atoms with Crippen LogP contribution in [0.2, 0.25) is 0 Å². The van der Waals surface area contributed by atoms with Crippen LogP contribution in [0.4, 0.5) is 4.79 Å². The molecule has 58 heavy (non-hydrogen) atoms. The van der Waals surface area contributed by atoms with Crippen molar-refractivity contribution in [2.75, 3.05) is 6.54 Å². The Labute approximate surface area is 346 Å². The summed E-state index contributed by atoms with van der Waals surface area (Å²) < 4.78 is 39.8. The number of ketones is 1. The lowest BCUT2D eigenvalue weighted by atomic mass is 9.72. The highest BCUT2D eigenvalue weighted by atomic mass is 16.8. The van der Waals surface area contributed by atoms with Crippen LogP contribution in [0.5, 0.6) is 0 Å². The third kappa shape index (κ3) is 9.50. The average molecular weight is 822 g/mol. The van der Waals surface area contributed by atoms with Gasteiger partial charge in [-0.1, -0.05) is 62.3 Å². The Morgan fingerprint density at radius 2 is 1.57 bits per heavy atom. The lowest BCUT2D eigenvalue weighted by molar-refractivity contribution is -0.400. The van der Waals surface area contributed by atoms with Crippen molar-refractivity contribution in [2.45, 2.75) is 206 Å². The Balaban J connectivity index is 1.36. The van der Waals surface area contributed by atoms with Crippen molar-refractivity contribution in [3.63, 3.8) is 0 Å². The van der Waals surface area contributed by atoms with E-state index in [0.717, 1.165) is 12.8 Å². The molecule has 13 heteroatoms. The van der Waals surface area contributed by atoms with Gasteiger partial charge in [0.05, 0.1) is 54.2 Å². The lowest BCUT2D eigenvalue weighted by Crippen LogP contribution is -2.63. The van der Waals surface area contributed by atoms with E-state index in [1.165, 1.54) is 0 Å². The van der Waals surface area contributed by atoms with Gasteiger partial charge in [-0.3, -0.25) is 9.59 Å². The lowest BCUT2D eigenvalue weighted by Gasteiger charge is -2.54. The molecule has 1 amide bonds. The molecule has 2 spiro atoms. The molecule has 4 fully saturated rings. The third-order valence-electron chi connectivity index (χ3n) is 14.7. The van der Waals surface area contributed by atoms with Gasteiger partial charge in [0.15, 0.2) is 11.9 Å². The topological polar surface area (TPSA) is 179 Å². The Bertz CT molecular complexity index is 1440. The van der Waals surface area contributed by atoms with Gasteiger partial charge >= 0.3 is 12.1 Å². The smallest absolute Gasteiger partial charge is 0.407 e. The summed E-state index contributed by atoms with van der Waals surface area (Å²) in [6.45, 7) is 20.0. The Morgan fingerprint density at radius 1 is 0.879 bits per heavy atom. The van der Waals surface area contributed by atoms with Crippen molar-refractivity contribution in [2.24, 2.45) is 41.4 Å². The number of nitrogens with one attached hydrogen (secondary N) is 1. The predicted molar refractivity (Wildman–Crippen MR) is 217 cm³/mol. The van der Waals surface area contributed by atoms with Gasteiger partial charge in [0.25, 0.3) is 0 Å². The molecule has 0 saturated carbocycles. The van der Waals surface area contributed by atoms with Gasteiger partial charge < -0.3 is 49.1 Å². The number of carbonyl (C=O) groups is 3. The molecule has 18 atom stereocenters. The maximum absolute atomic E-state index is 14.6. The van der Waals surface area contributed by atoms with E-state index in [0.29, 0.717) is 64.3 Å².